The van der Waals surface area contributed by atoms with Crippen LogP contribution in [0.5, 0.6) is 0 Å². The SMILES string of the molecule is CCc1ccccc1NC(=O)N(CCOC)Cc1nc(C(=O)N2CCN(c3ccccc3C)CC2)cs1. The predicted molar refractivity (Wildman–Crippen MR) is 149 cm³/mol. The van der Waals surface area contributed by atoms with E-state index in [1.165, 1.54) is 22.6 Å². The number of rotatable bonds is 9. The Labute approximate surface area is 222 Å². The molecule has 1 aliphatic heterocycles. The van der Waals surface area contributed by atoms with E-state index in [1.54, 1.807) is 17.4 Å². The quantitative estimate of drug-likeness (QED) is 0.443. The Morgan fingerprint density at radius 1 is 1.08 bits per heavy atom. The van der Waals surface area contributed by atoms with Crippen LogP contribution in [0.1, 0.15) is 33.5 Å². The minimum atomic E-state index is -0.214. The minimum absolute atomic E-state index is 0.0586. The first-order valence-electron chi connectivity index (χ1n) is 12.7. The summed E-state index contributed by atoms with van der Waals surface area (Å²) in [6.45, 7) is 8.19. The van der Waals surface area contributed by atoms with Gasteiger partial charge in [-0.05, 0) is 36.6 Å². The van der Waals surface area contributed by atoms with Crippen molar-refractivity contribution in [2.24, 2.45) is 0 Å². The Morgan fingerprint density at radius 2 is 1.81 bits per heavy atom. The van der Waals surface area contributed by atoms with E-state index in [4.69, 9.17) is 4.74 Å². The van der Waals surface area contributed by atoms with Crippen molar-refractivity contribution in [3.8, 4) is 0 Å². The molecule has 9 heteroatoms. The molecule has 1 saturated heterocycles. The average Bonchev–Trinajstić information content (AvgIpc) is 3.40. The maximum atomic E-state index is 13.2. The Kier molecular flexibility index (Phi) is 9.14. The molecule has 3 aromatic rings. The number of benzene rings is 2. The lowest BCUT2D eigenvalue weighted by molar-refractivity contribution is 0.0741. The first-order valence-corrected chi connectivity index (χ1v) is 13.5. The number of hydrogen-bond donors (Lipinski definition) is 1. The topological polar surface area (TPSA) is 78.0 Å². The molecule has 2 aromatic carbocycles. The number of urea groups is 1. The lowest BCUT2D eigenvalue weighted by Crippen LogP contribution is -2.49. The number of piperazine rings is 1. The fourth-order valence-electron chi connectivity index (χ4n) is 4.47. The van der Waals surface area contributed by atoms with Gasteiger partial charge in [0, 0.05) is 56.6 Å². The molecule has 196 valence electrons. The van der Waals surface area contributed by atoms with Crippen LogP contribution in [0, 0.1) is 6.92 Å². The van der Waals surface area contributed by atoms with Gasteiger partial charge in [0.15, 0.2) is 0 Å². The molecule has 37 heavy (non-hydrogen) atoms. The molecular weight excluding hydrogens is 486 g/mol. The third-order valence-electron chi connectivity index (χ3n) is 6.61. The van der Waals surface area contributed by atoms with Gasteiger partial charge in [-0.15, -0.1) is 11.3 Å². The molecule has 0 aliphatic carbocycles. The Morgan fingerprint density at radius 3 is 2.54 bits per heavy atom. The maximum absolute atomic E-state index is 13.2. The van der Waals surface area contributed by atoms with Crippen molar-refractivity contribution in [2.45, 2.75) is 26.8 Å². The lowest BCUT2D eigenvalue weighted by atomic mass is 10.1. The summed E-state index contributed by atoms with van der Waals surface area (Å²) in [6, 6.07) is 15.9. The number of aromatic nitrogens is 1. The van der Waals surface area contributed by atoms with E-state index in [1.807, 2.05) is 35.2 Å². The molecule has 2 heterocycles. The van der Waals surface area contributed by atoms with Gasteiger partial charge in [0.25, 0.3) is 5.91 Å². The zero-order chi connectivity index (χ0) is 26.2. The monoisotopic (exact) mass is 521 g/mol. The summed E-state index contributed by atoms with van der Waals surface area (Å²) in [5.41, 5.74) is 4.78. The van der Waals surface area contributed by atoms with Crippen molar-refractivity contribution in [3.05, 3.63) is 75.7 Å². The molecule has 0 radical (unpaired) electrons. The number of amides is 3. The van der Waals surface area contributed by atoms with E-state index in [9.17, 15) is 9.59 Å². The molecule has 4 rings (SSSR count). The van der Waals surface area contributed by atoms with Gasteiger partial charge < -0.3 is 24.8 Å². The second kappa shape index (κ2) is 12.7. The number of nitrogens with one attached hydrogen (secondary N) is 1. The molecular formula is C28H35N5O3S. The number of thiazole rings is 1. The second-order valence-electron chi connectivity index (χ2n) is 9.05. The molecule has 8 nitrogen and oxygen atoms in total. The molecule has 1 aliphatic rings. The summed E-state index contributed by atoms with van der Waals surface area (Å²) in [7, 11) is 1.61. The number of methoxy groups -OCH3 is 1. The molecule has 0 unspecified atom stereocenters. The summed E-state index contributed by atoms with van der Waals surface area (Å²) >= 11 is 1.40. The van der Waals surface area contributed by atoms with E-state index in [2.05, 4.69) is 47.2 Å². The normalized spacial score (nSPS) is 13.5. The van der Waals surface area contributed by atoms with Gasteiger partial charge in [0.05, 0.1) is 13.2 Å². The van der Waals surface area contributed by atoms with Crippen LogP contribution in [0.2, 0.25) is 0 Å². The fraction of sp³-hybridized carbons (Fsp3) is 0.393. The molecule has 3 amide bonds. The number of ether oxygens (including phenoxy) is 1. The Hall–Kier alpha value is -3.43. The first kappa shape index (κ1) is 26.6. The number of nitrogens with zero attached hydrogens (tertiary/aromatic N) is 4. The van der Waals surface area contributed by atoms with E-state index < -0.39 is 0 Å². The number of hydrogen-bond acceptors (Lipinski definition) is 6. The van der Waals surface area contributed by atoms with Gasteiger partial charge in [0.2, 0.25) is 0 Å². The summed E-state index contributed by atoms with van der Waals surface area (Å²) in [4.78, 5) is 36.7. The smallest absolute Gasteiger partial charge is 0.322 e. The lowest BCUT2D eigenvalue weighted by Gasteiger charge is -2.36. The third kappa shape index (κ3) is 6.67. The van der Waals surface area contributed by atoms with E-state index in [0.29, 0.717) is 38.5 Å². The van der Waals surface area contributed by atoms with Crippen LogP contribution < -0.4 is 10.2 Å². The molecule has 1 aromatic heterocycles. The van der Waals surface area contributed by atoms with Gasteiger partial charge in [-0.25, -0.2) is 9.78 Å². The fourth-order valence-corrected chi connectivity index (χ4v) is 5.26. The maximum Gasteiger partial charge on any atom is 0.322 e. The van der Waals surface area contributed by atoms with Crippen molar-refractivity contribution in [1.29, 1.82) is 0 Å². The van der Waals surface area contributed by atoms with Crippen molar-refractivity contribution >= 4 is 34.6 Å². The molecule has 0 saturated carbocycles. The summed E-state index contributed by atoms with van der Waals surface area (Å²) < 4.78 is 5.22. The Balaban J connectivity index is 1.37. The van der Waals surface area contributed by atoms with Crippen LogP contribution >= 0.6 is 11.3 Å². The second-order valence-corrected chi connectivity index (χ2v) is 9.99. The van der Waals surface area contributed by atoms with Crippen LogP contribution in [0.15, 0.2) is 53.9 Å². The van der Waals surface area contributed by atoms with E-state index in [-0.39, 0.29) is 11.9 Å². The standard InChI is InChI=1S/C28H35N5O3S/c1-4-22-10-6-7-11-23(22)30-28(35)33(17-18-36-3)19-26-29-24(20-37-26)27(34)32-15-13-31(14-16-32)25-12-8-5-9-21(25)2/h5-12,20H,4,13-19H2,1-3H3,(H,30,35). The zero-order valence-electron chi connectivity index (χ0n) is 21.8. The summed E-state index contributed by atoms with van der Waals surface area (Å²) in [5, 5.41) is 5.54. The van der Waals surface area contributed by atoms with Crippen molar-refractivity contribution in [2.75, 3.05) is 56.7 Å². The molecule has 0 bridgehead atoms. The van der Waals surface area contributed by atoms with Crippen LogP contribution in [0.25, 0.3) is 0 Å². The zero-order valence-corrected chi connectivity index (χ0v) is 22.6. The highest BCUT2D eigenvalue weighted by Crippen LogP contribution is 2.22. The van der Waals surface area contributed by atoms with Gasteiger partial charge in [0.1, 0.15) is 10.7 Å². The van der Waals surface area contributed by atoms with Gasteiger partial charge in [-0.1, -0.05) is 43.3 Å². The predicted octanol–water partition coefficient (Wildman–Crippen LogP) is 4.66. The van der Waals surface area contributed by atoms with Crippen molar-refractivity contribution in [3.63, 3.8) is 0 Å². The van der Waals surface area contributed by atoms with Gasteiger partial charge in [-0.3, -0.25) is 4.79 Å². The minimum Gasteiger partial charge on any atom is -0.383 e. The van der Waals surface area contributed by atoms with E-state index >= 15 is 0 Å². The average molecular weight is 522 g/mol. The summed E-state index contributed by atoms with van der Waals surface area (Å²) in [5.74, 6) is -0.0586. The highest BCUT2D eigenvalue weighted by Gasteiger charge is 2.25. The molecule has 1 fully saturated rings. The van der Waals surface area contributed by atoms with Gasteiger partial charge >= 0.3 is 6.03 Å². The number of carbonyl (C=O) groups is 2. The van der Waals surface area contributed by atoms with Gasteiger partial charge in [-0.2, -0.15) is 0 Å². The van der Waals surface area contributed by atoms with E-state index in [0.717, 1.165) is 35.8 Å². The molecule has 1 N–H and O–H groups in total. The summed E-state index contributed by atoms with van der Waals surface area (Å²) in [6.07, 6.45) is 0.825. The molecule has 0 atom stereocenters. The highest BCUT2D eigenvalue weighted by molar-refractivity contribution is 7.09. The number of anilines is 2. The first-order chi connectivity index (χ1) is 18.0. The van der Waals surface area contributed by atoms with Crippen molar-refractivity contribution in [1.82, 2.24) is 14.8 Å². The highest BCUT2D eigenvalue weighted by atomic mass is 32.1. The van der Waals surface area contributed by atoms with Crippen LogP contribution in [-0.4, -0.2) is 73.2 Å². The largest absolute Gasteiger partial charge is 0.383 e. The Bertz CT molecular complexity index is 1210. The number of para-hydroxylation sites is 2. The van der Waals surface area contributed by atoms with Crippen LogP contribution in [0.4, 0.5) is 16.2 Å². The number of carbonyl (C=O) groups excluding carboxylic acids is 2. The third-order valence-corrected chi connectivity index (χ3v) is 7.45. The van der Waals surface area contributed by atoms with Crippen molar-refractivity contribution < 1.29 is 14.3 Å². The van der Waals surface area contributed by atoms with Crippen LogP contribution in [-0.2, 0) is 17.7 Å². The number of aryl methyl sites for hydroxylation is 2. The van der Waals surface area contributed by atoms with Crippen LogP contribution in [0.3, 0.4) is 0 Å². The molecule has 0 spiro atoms.